The summed E-state index contributed by atoms with van der Waals surface area (Å²) in [7, 11) is 0. The first-order chi connectivity index (χ1) is 24.3. The third-order valence-electron chi connectivity index (χ3n) is 11.6. The van der Waals surface area contributed by atoms with Crippen molar-refractivity contribution in [1.29, 1.82) is 0 Å². The third kappa shape index (κ3) is 10.1. The fourth-order valence-electron chi connectivity index (χ4n) is 9.24. The van der Waals surface area contributed by atoms with E-state index in [1.54, 1.807) is 0 Å². The summed E-state index contributed by atoms with van der Waals surface area (Å²) < 4.78 is 0. The van der Waals surface area contributed by atoms with Crippen molar-refractivity contribution in [1.82, 2.24) is 21.3 Å². The van der Waals surface area contributed by atoms with Gasteiger partial charge in [0.25, 0.3) is 0 Å². The molecule has 4 amide bonds. The molecule has 0 unspecified atom stereocenters. The van der Waals surface area contributed by atoms with E-state index in [1.165, 1.54) is 63.1 Å². The van der Waals surface area contributed by atoms with Crippen molar-refractivity contribution >= 4 is 35.4 Å². The number of carbonyl (C=O) groups is 4. The van der Waals surface area contributed by atoms with Gasteiger partial charge in [-0.15, -0.1) is 0 Å². The van der Waals surface area contributed by atoms with Crippen molar-refractivity contribution in [3.63, 3.8) is 0 Å². The van der Waals surface area contributed by atoms with Gasteiger partial charge in [0.15, 0.2) is 0 Å². The van der Waals surface area contributed by atoms with Gasteiger partial charge in [0.05, 0.1) is 12.6 Å². The second kappa shape index (κ2) is 17.7. The number of rotatable bonds is 16. The second-order valence-corrected chi connectivity index (χ2v) is 16.4. The molecule has 4 bridgehead atoms. The van der Waals surface area contributed by atoms with Crippen molar-refractivity contribution in [3.8, 4) is 0 Å². The molecule has 270 valence electrons. The normalized spacial score (nSPS) is 26.0. The van der Waals surface area contributed by atoms with Crippen LogP contribution in [0.5, 0.6) is 0 Å². The highest BCUT2D eigenvalue weighted by Gasteiger charge is 2.49. The summed E-state index contributed by atoms with van der Waals surface area (Å²) in [6.45, 7) is -0.306. The Morgan fingerprint density at radius 2 is 1.34 bits per heavy atom. The van der Waals surface area contributed by atoms with Crippen molar-refractivity contribution < 1.29 is 19.2 Å². The quantitative estimate of drug-likeness (QED) is 0.175. The van der Waals surface area contributed by atoms with Crippen LogP contribution in [0.15, 0.2) is 60.7 Å². The van der Waals surface area contributed by atoms with E-state index in [0.717, 1.165) is 35.8 Å². The zero-order valence-corrected chi connectivity index (χ0v) is 30.0. The number of nitrogens with two attached hydrogens (primary N) is 1. The molecule has 3 atom stereocenters. The molecular weight excluding hydrogens is 647 g/mol. The van der Waals surface area contributed by atoms with Crippen molar-refractivity contribution in [2.24, 2.45) is 35.3 Å². The molecule has 5 aliphatic rings. The molecule has 0 aromatic heterocycles. The van der Waals surface area contributed by atoms with Gasteiger partial charge in [0, 0.05) is 24.0 Å². The average molecular weight is 702 g/mol. The second-order valence-electron chi connectivity index (χ2n) is 15.4. The highest BCUT2D eigenvalue weighted by Crippen LogP contribution is 2.53. The molecule has 2 aromatic rings. The lowest BCUT2D eigenvalue weighted by Gasteiger charge is -2.54. The first-order valence-electron chi connectivity index (χ1n) is 18.9. The molecule has 0 saturated heterocycles. The largest absolute Gasteiger partial charge is 0.351 e. The van der Waals surface area contributed by atoms with Gasteiger partial charge in [-0.1, -0.05) is 92.8 Å². The Morgan fingerprint density at radius 1 is 0.720 bits per heavy atom. The third-order valence-corrected chi connectivity index (χ3v) is 12.7. The number of hydrogen-bond donors (Lipinski definition) is 5. The van der Waals surface area contributed by atoms with E-state index < -0.39 is 29.9 Å². The monoisotopic (exact) mass is 701 g/mol. The zero-order chi connectivity index (χ0) is 34.9. The Hall–Kier alpha value is -3.37. The lowest BCUT2D eigenvalue weighted by molar-refractivity contribution is -0.132. The van der Waals surface area contributed by atoms with Gasteiger partial charge >= 0.3 is 0 Å². The van der Waals surface area contributed by atoms with Gasteiger partial charge in [-0.2, -0.15) is 11.8 Å². The van der Waals surface area contributed by atoms with Crippen LogP contribution in [-0.2, 0) is 31.4 Å². The SMILES string of the molecule is N[C@@H](CC1CCCCC1)C(=O)N[C@H](CSCc1ccccc1)C(=O)NCC(=O)N[C@@H](Cc1ccccc1)C(=O)NC1C2CC3CC(C2)CC1C3. The molecule has 9 nitrogen and oxygen atoms in total. The van der Waals surface area contributed by atoms with E-state index >= 15 is 0 Å². The Balaban J connectivity index is 1.05. The summed E-state index contributed by atoms with van der Waals surface area (Å²) >= 11 is 1.54. The van der Waals surface area contributed by atoms with Gasteiger partial charge in [0.2, 0.25) is 23.6 Å². The summed E-state index contributed by atoms with van der Waals surface area (Å²) in [5.74, 6) is 2.66. The lowest BCUT2D eigenvalue weighted by Crippen LogP contribution is -2.60. The van der Waals surface area contributed by atoms with E-state index in [-0.39, 0.29) is 24.4 Å². The number of hydrogen-bond acceptors (Lipinski definition) is 6. The van der Waals surface area contributed by atoms with Gasteiger partial charge in [0.1, 0.15) is 12.1 Å². The first-order valence-corrected chi connectivity index (χ1v) is 20.0. The summed E-state index contributed by atoms with van der Waals surface area (Å²) in [6, 6.07) is 17.5. The van der Waals surface area contributed by atoms with Crippen molar-refractivity contribution in [2.45, 2.75) is 107 Å². The van der Waals surface area contributed by atoms with Gasteiger partial charge < -0.3 is 27.0 Å². The summed E-state index contributed by atoms with van der Waals surface area (Å²) in [4.78, 5) is 53.9. The van der Waals surface area contributed by atoms with E-state index in [1.807, 2.05) is 60.7 Å². The van der Waals surface area contributed by atoms with Crippen molar-refractivity contribution in [3.05, 3.63) is 71.8 Å². The lowest BCUT2D eigenvalue weighted by atomic mass is 9.54. The molecule has 5 saturated carbocycles. The zero-order valence-electron chi connectivity index (χ0n) is 29.2. The number of benzene rings is 2. The molecule has 0 heterocycles. The van der Waals surface area contributed by atoms with Crippen LogP contribution in [0, 0.1) is 29.6 Å². The maximum absolute atomic E-state index is 13.8. The smallest absolute Gasteiger partial charge is 0.243 e. The Kier molecular flexibility index (Phi) is 12.9. The molecule has 6 N–H and O–H groups in total. The van der Waals surface area contributed by atoms with Crippen molar-refractivity contribution in [2.75, 3.05) is 12.3 Å². The number of thioether (sulfide) groups is 1. The Bertz CT molecular complexity index is 1410. The highest BCUT2D eigenvalue weighted by molar-refractivity contribution is 7.98. The summed E-state index contributed by atoms with van der Waals surface area (Å²) in [6.07, 6.45) is 12.8. The van der Waals surface area contributed by atoms with Crippen LogP contribution >= 0.6 is 11.8 Å². The number of amides is 4. The highest BCUT2D eigenvalue weighted by atomic mass is 32.2. The molecule has 5 fully saturated rings. The summed E-state index contributed by atoms with van der Waals surface area (Å²) in [5, 5.41) is 11.9. The number of carbonyl (C=O) groups excluding carboxylic acids is 4. The molecule has 0 aliphatic heterocycles. The standard InChI is InChI=1S/C40H55N5O4S/c41-33(21-26-10-4-1-5-11-26)38(47)44-35(25-50-24-28-14-8-3-9-15-28)39(48)42-23-36(46)43-34(22-27-12-6-2-7-13-27)40(49)45-37-31-17-29-16-30(19-31)20-32(37)18-29/h2-3,6-9,12-15,26,29-35,37H,1,4-5,10-11,16-25,41H2,(H,42,48)(H,43,46)(H,44,47)(H,45,49)/t29?,30?,31?,32?,33-,34-,35+,37?/m0/s1. The minimum absolute atomic E-state index is 0.160. The first kappa shape index (κ1) is 36.4. The Labute approximate surface area is 301 Å². The van der Waals surface area contributed by atoms with Crippen LogP contribution in [0.1, 0.15) is 81.8 Å². The van der Waals surface area contributed by atoms with Crippen LogP contribution in [0.25, 0.3) is 0 Å². The molecule has 10 heteroatoms. The molecule has 50 heavy (non-hydrogen) atoms. The average Bonchev–Trinajstić information content (AvgIpc) is 3.12. The fourth-order valence-corrected chi connectivity index (χ4v) is 10.3. The predicted octanol–water partition coefficient (Wildman–Crippen LogP) is 4.49. The summed E-state index contributed by atoms with van der Waals surface area (Å²) in [5.41, 5.74) is 8.41. The van der Waals surface area contributed by atoms with Gasteiger partial charge in [-0.3, -0.25) is 19.2 Å². The van der Waals surface area contributed by atoms with E-state index in [0.29, 0.717) is 42.1 Å². The van der Waals surface area contributed by atoms with Crippen LogP contribution in [0.2, 0.25) is 0 Å². The van der Waals surface area contributed by atoms with E-state index in [4.69, 9.17) is 5.73 Å². The van der Waals surface area contributed by atoms with Crippen LogP contribution < -0.4 is 27.0 Å². The maximum atomic E-state index is 13.8. The Morgan fingerprint density at radius 3 is 1.98 bits per heavy atom. The predicted molar refractivity (Wildman–Crippen MR) is 198 cm³/mol. The number of nitrogens with one attached hydrogen (secondary N) is 4. The van der Waals surface area contributed by atoms with Crippen LogP contribution in [-0.4, -0.2) is 60.1 Å². The fraction of sp³-hybridized carbons (Fsp3) is 0.600. The maximum Gasteiger partial charge on any atom is 0.243 e. The van der Waals surface area contributed by atoms with Crippen LogP contribution in [0.4, 0.5) is 0 Å². The molecule has 0 spiro atoms. The van der Waals surface area contributed by atoms with Gasteiger partial charge in [-0.25, -0.2) is 0 Å². The minimum Gasteiger partial charge on any atom is -0.351 e. The van der Waals surface area contributed by atoms with E-state index in [9.17, 15) is 19.2 Å². The molecule has 0 radical (unpaired) electrons. The van der Waals surface area contributed by atoms with Crippen LogP contribution in [0.3, 0.4) is 0 Å². The minimum atomic E-state index is -0.859. The molecule has 7 rings (SSSR count). The molecular formula is C40H55N5O4S. The molecule has 2 aromatic carbocycles. The molecule has 5 aliphatic carbocycles. The van der Waals surface area contributed by atoms with Gasteiger partial charge in [-0.05, 0) is 79.2 Å². The van der Waals surface area contributed by atoms with E-state index in [2.05, 4.69) is 21.3 Å². The topological polar surface area (TPSA) is 142 Å².